The van der Waals surface area contributed by atoms with Gasteiger partial charge in [-0.25, -0.2) is 12.9 Å². The largest absolute Gasteiger partial charge is 0.349 e. The van der Waals surface area contributed by atoms with E-state index >= 15 is 0 Å². The molecular weight excluding hydrogens is 320 g/mol. The molecule has 0 aromatic carbocycles. The fourth-order valence-corrected chi connectivity index (χ4v) is 3.07. The molecule has 2 aromatic rings. The number of halogens is 1. The van der Waals surface area contributed by atoms with Crippen LogP contribution in [0.3, 0.4) is 0 Å². The summed E-state index contributed by atoms with van der Waals surface area (Å²) in [5, 5.41) is 7.19. The number of pyridine rings is 1. The van der Waals surface area contributed by atoms with Crippen molar-refractivity contribution in [2.45, 2.75) is 13.0 Å². The number of hydrogen-bond acceptors (Lipinski definition) is 5. The van der Waals surface area contributed by atoms with Crippen LogP contribution in [-0.2, 0) is 9.84 Å². The fourth-order valence-electron chi connectivity index (χ4n) is 1.65. The van der Waals surface area contributed by atoms with Crippen LogP contribution in [0.5, 0.6) is 0 Å². The van der Waals surface area contributed by atoms with Gasteiger partial charge in [0.15, 0.2) is 5.65 Å². The topological polar surface area (TPSA) is 76.4 Å². The molecule has 2 aromatic heterocycles. The Hall–Kier alpha value is -1.15. The van der Waals surface area contributed by atoms with Gasteiger partial charge in [0, 0.05) is 18.5 Å². The SMILES string of the molecule is CC(CS(C)(=O)=O)Nc1nc2c(Br)cccn2n1. The maximum Gasteiger partial charge on any atom is 0.243 e. The third-order valence-corrected chi connectivity index (χ3v) is 3.97. The molecule has 1 atom stereocenters. The number of nitrogens with one attached hydrogen (secondary N) is 1. The van der Waals surface area contributed by atoms with E-state index in [2.05, 4.69) is 31.3 Å². The number of fused-ring (bicyclic) bond motifs is 1. The van der Waals surface area contributed by atoms with Crippen LogP contribution >= 0.6 is 15.9 Å². The molecule has 0 saturated heterocycles. The van der Waals surface area contributed by atoms with Gasteiger partial charge in [-0.3, -0.25) is 0 Å². The Morgan fingerprint density at radius 1 is 1.56 bits per heavy atom. The molecule has 2 heterocycles. The number of nitrogens with zero attached hydrogens (tertiary/aromatic N) is 3. The number of hydrogen-bond donors (Lipinski definition) is 1. The standard InChI is InChI=1S/C10H13BrN4O2S/c1-7(6-18(2,16)17)12-10-13-9-8(11)4-3-5-15(9)14-10/h3-5,7H,6H2,1-2H3,(H,12,14). The first-order valence-corrected chi connectivity index (χ1v) is 8.15. The van der Waals surface area contributed by atoms with E-state index in [4.69, 9.17) is 0 Å². The molecule has 0 aliphatic rings. The molecule has 18 heavy (non-hydrogen) atoms. The van der Waals surface area contributed by atoms with Crippen LogP contribution in [0.25, 0.3) is 5.65 Å². The highest BCUT2D eigenvalue weighted by Gasteiger charge is 2.13. The number of sulfone groups is 1. The van der Waals surface area contributed by atoms with Gasteiger partial charge in [-0.2, -0.15) is 4.98 Å². The maximum absolute atomic E-state index is 11.2. The Balaban J connectivity index is 2.20. The molecule has 0 aliphatic heterocycles. The third-order valence-electron chi connectivity index (χ3n) is 2.24. The number of anilines is 1. The lowest BCUT2D eigenvalue weighted by Gasteiger charge is -2.09. The molecule has 0 amide bonds. The van der Waals surface area contributed by atoms with Crippen LogP contribution < -0.4 is 5.32 Å². The monoisotopic (exact) mass is 332 g/mol. The first-order chi connectivity index (χ1) is 8.35. The van der Waals surface area contributed by atoms with Crippen LogP contribution in [0.15, 0.2) is 22.8 Å². The van der Waals surface area contributed by atoms with Gasteiger partial charge < -0.3 is 5.32 Å². The Morgan fingerprint density at radius 2 is 2.28 bits per heavy atom. The smallest absolute Gasteiger partial charge is 0.243 e. The van der Waals surface area contributed by atoms with Crippen molar-refractivity contribution in [2.75, 3.05) is 17.3 Å². The summed E-state index contributed by atoms with van der Waals surface area (Å²) in [7, 11) is -3.02. The molecule has 8 heteroatoms. The summed E-state index contributed by atoms with van der Waals surface area (Å²) in [5.41, 5.74) is 0.687. The maximum atomic E-state index is 11.2. The first-order valence-electron chi connectivity index (χ1n) is 5.30. The Bertz CT molecular complexity index is 668. The minimum Gasteiger partial charge on any atom is -0.349 e. The van der Waals surface area contributed by atoms with Crippen molar-refractivity contribution in [2.24, 2.45) is 0 Å². The van der Waals surface area contributed by atoms with Crippen LogP contribution in [0, 0.1) is 0 Å². The number of rotatable bonds is 4. The molecule has 0 radical (unpaired) electrons. The fraction of sp³-hybridized carbons (Fsp3) is 0.400. The average molecular weight is 333 g/mol. The normalized spacial score (nSPS) is 13.7. The molecule has 6 nitrogen and oxygen atoms in total. The van der Waals surface area contributed by atoms with Crippen molar-refractivity contribution < 1.29 is 8.42 Å². The minimum atomic E-state index is -3.02. The van der Waals surface area contributed by atoms with E-state index in [9.17, 15) is 8.42 Å². The summed E-state index contributed by atoms with van der Waals surface area (Å²) in [5.74, 6) is 0.460. The molecule has 0 bridgehead atoms. The summed E-state index contributed by atoms with van der Waals surface area (Å²) in [6.07, 6.45) is 2.98. The summed E-state index contributed by atoms with van der Waals surface area (Å²) in [6.45, 7) is 1.78. The lowest BCUT2D eigenvalue weighted by molar-refractivity contribution is 0.597. The molecule has 0 aliphatic carbocycles. The van der Waals surface area contributed by atoms with E-state index in [-0.39, 0.29) is 11.8 Å². The lowest BCUT2D eigenvalue weighted by Crippen LogP contribution is -2.25. The Morgan fingerprint density at radius 3 is 2.89 bits per heavy atom. The molecule has 2 rings (SSSR count). The van der Waals surface area contributed by atoms with Crippen molar-refractivity contribution in [3.8, 4) is 0 Å². The molecular formula is C10H13BrN4O2S. The summed E-state index contributed by atoms with van der Waals surface area (Å²) >= 11 is 3.38. The lowest BCUT2D eigenvalue weighted by atomic mass is 10.4. The minimum absolute atomic E-state index is 0.0454. The zero-order valence-electron chi connectivity index (χ0n) is 9.96. The molecule has 0 saturated carbocycles. The van der Waals surface area contributed by atoms with Crippen LogP contribution in [0.2, 0.25) is 0 Å². The summed E-state index contributed by atoms with van der Waals surface area (Å²) in [4.78, 5) is 4.28. The van der Waals surface area contributed by atoms with Gasteiger partial charge in [-0.05, 0) is 35.0 Å². The number of aromatic nitrogens is 3. The predicted molar refractivity (Wildman–Crippen MR) is 73.5 cm³/mol. The van der Waals surface area contributed by atoms with E-state index < -0.39 is 9.84 Å². The van der Waals surface area contributed by atoms with Gasteiger partial charge in [0.1, 0.15) is 9.84 Å². The molecule has 98 valence electrons. The van der Waals surface area contributed by atoms with Gasteiger partial charge in [0.2, 0.25) is 5.95 Å². The summed E-state index contributed by atoms with van der Waals surface area (Å²) < 4.78 is 24.8. The molecule has 1 N–H and O–H groups in total. The van der Waals surface area contributed by atoms with Crippen molar-refractivity contribution in [3.63, 3.8) is 0 Å². The van der Waals surface area contributed by atoms with E-state index in [1.807, 2.05) is 12.1 Å². The van der Waals surface area contributed by atoms with Crippen molar-refractivity contribution in [3.05, 3.63) is 22.8 Å². The second-order valence-electron chi connectivity index (χ2n) is 4.20. The van der Waals surface area contributed by atoms with Crippen molar-refractivity contribution >= 4 is 37.4 Å². The highest BCUT2D eigenvalue weighted by Crippen LogP contribution is 2.17. The summed E-state index contributed by atoms with van der Waals surface area (Å²) in [6, 6.07) is 3.47. The average Bonchev–Trinajstić information content (AvgIpc) is 2.58. The van der Waals surface area contributed by atoms with E-state index in [0.29, 0.717) is 11.6 Å². The van der Waals surface area contributed by atoms with Crippen molar-refractivity contribution in [1.82, 2.24) is 14.6 Å². The van der Waals surface area contributed by atoms with Crippen LogP contribution in [-0.4, -0.2) is 41.1 Å². The van der Waals surface area contributed by atoms with Gasteiger partial charge in [-0.1, -0.05) is 0 Å². The molecule has 0 fully saturated rings. The zero-order chi connectivity index (χ0) is 13.3. The first kappa shape index (κ1) is 13.3. The van der Waals surface area contributed by atoms with E-state index in [1.165, 1.54) is 6.26 Å². The Labute approximate surface area is 113 Å². The second kappa shape index (κ2) is 4.85. The quantitative estimate of drug-likeness (QED) is 0.914. The molecule has 0 spiro atoms. The van der Waals surface area contributed by atoms with Crippen LogP contribution in [0.1, 0.15) is 6.92 Å². The van der Waals surface area contributed by atoms with Gasteiger partial charge >= 0.3 is 0 Å². The predicted octanol–water partition coefficient (Wildman–Crippen LogP) is 1.34. The van der Waals surface area contributed by atoms with Gasteiger partial charge in [-0.15, -0.1) is 5.10 Å². The van der Waals surface area contributed by atoms with E-state index in [0.717, 1.165) is 4.47 Å². The third kappa shape index (κ3) is 3.20. The second-order valence-corrected chi connectivity index (χ2v) is 7.24. The highest BCUT2D eigenvalue weighted by atomic mass is 79.9. The van der Waals surface area contributed by atoms with Gasteiger partial charge in [0.05, 0.1) is 10.2 Å². The van der Waals surface area contributed by atoms with Crippen molar-refractivity contribution in [1.29, 1.82) is 0 Å². The van der Waals surface area contributed by atoms with Gasteiger partial charge in [0.25, 0.3) is 0 Å². The molecule has 1 unspecified atom stereocenters. The highest BCUT2D eigenvalue weighted by molar-refractivity contribution is 9.10. The zero-order valence-corrected chi connectivity index (χ0v) is 12.4. The van der Waals surface area contributed by atoms with E-state index in [1.54, 1.807) is 17.6 Å². The Kier molecular flexibility index (Phi) is 3.58. The van der Waals surface area contributed by atoms with Crippen LogP contribution in [0.4, 0.5) is 5.95 Å².